The van der Waals surface area contributed by atoms with Crippen LogP contribution in [0.4, 0.5) is 0 Å². The van der Waals surface area contributed by atoms with Gasteiger partial charge in [0.15, 0.2) is 0 Å². The molecule has 15 heavy (non-hydrogen) atoms. The first-order chi connectivity index (χ1) is 7.00. The molecule has 0 bridgehead atoms. The molecule has 0 heterocycles. The van der Waals surface area contributed by atoms with E-state index in [2.05, 4.69) is 85.9 Å². The van der Waals surface area contributed by atoms with Crippen molar-refractivity contribution >= 4 is 28.7 Å². The van der Waals surface area contributed by atoms with Gasteiger partial charge < -0.3 is 0 Å². The predicted molar refractivity (Wildman–Crippen MR) is 77.0 cm³/mol. The molecule has 0 amide bonds. The fraction of sp³-hybridized carbons (Fsp3) is 0.286. The van der Waals surface area contributed by atoms with E-state index in [-0.39, 0.29) is 5.41 Å². The highest BCUT2D eigenvalue weighted by molar-refractivity contribution is 14.1. The van der Waals surface area contributed by atoms with Gasteiger partial charge in [-0.25, -0.2) is 0 Å². The summed E-state index contributed by atoms with van der Waals surface area (Å²) in [6.07, 6.45) is 6.42. The molecular weight excluding hydrogens is 295 g/mol. The van der Waals surface area contributed by atoms with Crippen LogP contribution in [0.5, 0.6) is 0 Å². The molecule has 0 nitrogen and oxygen atoms in total. The number of hydrogen-bond acceptors (Lipinski definition) is 0. The van der Waals surface area contributed by atoms with Crippen LogP contribution in [-0.2, 0) is 0 Å². The van der Waals surface area contributed by atoms with Crippen LogP contribution in [0.1, 0.15) is 26.3 Å². The molecule has 0 radical (unpaired) electrons. The zero-order valence-electron chi connectivity index (χ0n) is 9.50. The monoisotopic (exact) mass is 312 g/mol. The molecule has 0 aromatic heterocycles. The van der Waals surface area contributed by atoms with Crippen molar-refractivity contribution in [2.45, 2.75) is 20.8 Å². The van der Waals surface area contributed by atoms with E-state index in [1.54, 1.807) is 0 Å². The lowest BCUT2D eigenvalue weighted by atomic mass is 9.96. The summed E-state index contributed by atoms with van der Waals surface area (Å²) in [6, 6.07) is 10.4. The van der Waals surface area contributed by atoms with E-state index in [9.17, 15) is 0 Å². The summed E-state index contributed by atoms with van der Waals surface area (Å²) in [5, 5.41) is 0. The molecular formula is C14H17I. The third-order valence-electron chi connectivity index (χ3n) is 2.05. The normalized spacial score (nSPS) is 13.5. The molecule has 1 aromatic carbocycles. The van der Waals surface area contributed by atoms with Gasteiger partial charge in [0, 0.05) is 0 Å². The Kier molecular flexibility index (Phi) is 4.58. The summed E-state index contributed by atoms with van der Waals surface area (Å²) in [5.41, 5.74) is 1.49. The van der Waals surface area contributed by atoms with Gasteiger partial charge in [-0.1, -0.05) is 69.3 Å². The van der Waals surface area contributed by atoms with Crippen LogP contribution in [0.25, 0.3) is 6.08 Å². The largest absolute Gasteiger partial charge is 0.0622 e. The summed E-state index contributed by atoms with van der Waals surface area (Å²) >= 11 is 2.40. The van der Waals surface area contributed by atoms with E-state index in [4.69, 9.17) is 0 Å². The Morgan fingerprint density at radius 3 is 2.27 bits per heavy atom. The Hall–Kier alpha value is -0.570. The van der Waals surface area contributed by atoms with Gasteiger partial charge in [0.25, 0.3) is 0 Å². The molecule has 0 N–H and O–H groups in total. The molecule has 0 saturated heterocycles. The number of halogens is 1. The fourth-order valence-corrected chi connectivity index (χ4v) is 1.27. The van der Waals surface area contributed by atoms with Crippen molar-refractivity contribution in [1.82, 2.24) is 0 Å². The van der Waals surface area contributed by atoms with Crippen molar-refractivity contribution < 1.29 is 0 Å². The van der Waals surface area contributed by atoms with E-state index in [1.807, 2.05) is 6.07 Å². The van der Waals surface area contributed by atoms with Crippen molar-refractivity contribution in [1.29, 1.82) is 0 Å². The molecule has 1 aromatic rings. The van der Waals surface area contributed by atoms with E-state index < -0.39 is 0 Å². The number of benzene rings is 1. The molecule has 1 rings (SSSR count). The Labute approximate surface area is 106 Å². The van der Waals surface area contributed by atoms with Crippen LogP contribution < -0.4 is 0 Å². The van der Waals surface area contributed by atoms with Gasteiger partial charge in [-0.3, -0.25) is 0 Å². The summed E-state index contributed by atoms with van der Waals surface area (Å²) in [5.74, 6) is 0. The smallest absolute Gasteiger partial charge is 0.00404 e. The van der Waals surface area contributed by atoms with Crippen molar-refractivity contribution in [3.63, 3.8) is 0 Å². The van der Waals surface area contributed by atoms with Crippen LogP contribution in [0, 0.1) is 5.41 Å². The first-order valence-electron chi connectivity index (χ1n) is 5.09. The molecule has 1 heteroatoms. The lowest BCUT2D eigenvalue weighted by Crippen LogP contribution is -2.03. The zero-order valence-corrected chi connectivity index (χ0v) is 11.7. The van der Waals surface area contributed by atoms with E-state index in [0.717, 1.165) is 0 Å². The Bertz CT molecular complexity index is 353. The maximum Gasteiger partial charge on any atom is -0.00404 e. The molecule has 0 saturated carbocycles. The van der Waals surface area contributed by atoms with Gasteiger partial charge in [-0.15, -0.1) is 0 Å². The molecule has 80 valence electrons. The van der Waals surface area contributed by atoms with E-state index in [1.165, 1.54) is 9.14 Å². The van der Waals surface area contributed by atoms with Crippen molar-refractivity contribution in [3.05, 3.63) is 51.6 Å². The minimum Gasteiger partial charge on any atom is -0.0622 e. The standard InChI is InChI=1S/C14H17I/c1-14(2,3)13(15)11-7-10-12-8-5-4-6-9-12/h4-11H,1-3H3/b10-7-,13-11-. The molecule has 0 aliphatic carbocycles. The van der Waals surface area contributed by atoms with Crippen molar-refractivity contribution in [2.75, 3.05) is 0 Å². The SMILES string of the molecule is CC(C)(C)/C(I)=C/C=C\c1ccccc1. The quantitative estimate of drug-likeness (QED) is 0.528. The first kappa shape index (κ1) is 12.5. The molecule has 0 unspecified atom stereocenters. The highest BCUT2D eigenvalue weighted by Crippen LogP contribution is 2.30. The van der Waals surface area contributed by atoms with Crippen LogP contribution in [0.2, 0.25) is 0 Å². The third-order valence-corrected chi connectivity index (χ3v) is 4.02. The van der Waals surface area contributed by atoms with Gasteiger partial charge in [-0.2, -0.15) is 0 Å². The first-order valence-corrected chi connectivity index (χ1v) is 6.17. The summed E-state index contributed by atoms with van der Waals surface area (Å²) in [4.78, 5) is 0. The fourth-order valence-electron chi connectivity index (χ4n) is 1.06. The minimum absolute atomic E-state index is 0.252. The van der Waals surface area contributed by atoms with Gasteiger partial charge in [-0.05, 0) is 37.1 Å². The van der Waals surface area contributed by atoms with Crippen LogP contribution in [0.3, 0.4) is 0 Å². The molecule has 0 fully saturated rings. The average molecular weight is 312 g/mol. The molecule has 0 spiro atoms. The topological polar surface area (TPSA) is 0 Å². The average Bonchev–Trinajstić information content (AvgIpc) is 2.18. The maximum atomic E-state index is 2.40. The highest BCUT2D eigenvalue weighted by Gasteiger charge is 2.12. The van der Waals surface area contributed by atoms with Crippen LogP contribution >= 0.6 is 22.6 Å². The lowest BCUT2D eigenvalue weighted by Gasteiger charge is -2.16. The van der Waals surface area contributed by atoms with Crippen molar-refractivity contribution in [3.8, 4) is 0 Å². The third kappa shape index (κ3) is 4.65. The Balaban J connectivity index is 2.69. The second-order valence-electron chi connectivity index (χ2n) is 4.53. The summed E-state index contributed by atoms with van der Waals surface area (Å²) in [7, 11) is 0. The van der Waals surface area contributed by atoms with Crippen LogP contribution in [0.15, 0.2) is 46.1 Å². The number of rotatable bonds is 2. The Morgan fingerprint density at radius 2 is 1.73 bits per heavy atom. The highest BCUT2D eigenvalue weighted by atomic mass is 127. The van der Waals surface area contributed by atoms with Gasteiger partial charge in [0.2, 0.25) is 0 Å². The minimum atomic E-state index is 0.252. The predicted octanol–water partition coefficient (Wildman–Crippen LogP) is 5.06. The van der Waals surface area contributed by atoms with Crippen LogP contribution in [-0.4, -0.2) is 0 Å². The molecule has 0 atom stereocenters. The number of hydrogen-bond donors (Lipinski definition) is 0. The zero-order chi connectivity index (χ0) is 11.3. The van der Waals surface area contributed by atoms with E-state index >= 15 is 0 Å². The number of allylic oxidation sites excluding steroid dienone is 3. The summed E-state index contributed by atoms with van der Waals surface area (Å²) in [6.45, 7) is 6.67. The second-order valence-corrected chi connectivity index (χ2v) is 5.70. The Morgan fingerprint density at radius 1 is 1.13 bits per heavy atom. The van der Waals surface area contributed by atoms with Gasteiger partial charge in [0.05, 0.1) is 0 Å². The van der Waals surface area contributed by atoms with E-state index in [0.29, 0.717) is 0 Å². The molecule has 0 aliphatic heterocycles. The maximum absolute atomic E-state index is 2.40. The second kappa shape index (κ2) is 5.50. The lowest BCUT2D eigenvalue weighted by molar-refractivity contribution is 0.539. The van der Waals surface area contributed by atoms with Gasteiger partial charge in [0.1, 0.15) is 0 Å². The van der Waals surface area contributed by atoms with Crippen molar-refractivity contribution in [2.24, 2.45) is 5.41 Å². The summed E-state index contributed by atoms with van der Waals surface area (Å²) < 4.78 is 1.37. The van der Waals surface area contributed by atoms with Gasteiger partial charge >= 0.3 is 0 Å². The molecule has 0 aliphatic rings.